The van der Waals surface area contributed by atoms with Gasteiger partial charge in [0.15, 0.2) is 0 Å². The molecule has 0 unspecified atom stereocenters. The van der Waals surface area contributed by atoms with Gasteiger partial charge in [-0.1, -0.05) is 24.3 Å². The third kappa shape index (κ3) is 4.94. The van der Waals surface area contributed by atoms with Gasteiger partial charge in [-0.25, -0.2) is 0 Å². The molecule has 1 aromatic rings. The number of carboxylic acids is 1. The number of rotatable bonds is 6. The number of aliphatic hydroxyl groups is 1. The molecule has 0 aliphatic carbocycles. The average Bonchev–Trinajstić information content (AvgIpc) is 2.19. The molecule has 0 saturated heterocycles. The van der Waals surface area contributed by atoms with Crippen molar-refractivity contribution in [1.82, 2.24) is 0 Å². The third-order valence-corrected chi connectivity index (χ3v) is 2.34. The minimum atomic E-state index is -0.748. The number of carbonyl (C=O) groups is 1. The molecule has 87 valence electrons. The summed E-state index contributed by atoms with van der Waals surface area (Å²) in [4.78, 5) is 10.3. The van der Waals surface area contributed by atoms with Crippen molar-refractivity contribution < 1.29 is 15.0 Å². The molecule has 0 atom stereocenters. The van der Waals surface area contributed by atoms with Crippen molar-refractivity contribution in [3.05, 3.63) is 41.5 Å². The first kappa shape index (κ1) is 12.7. The summed E-state index contributed by atoms with van der Waals surface area (Å²) in [6.45, 7) is 1.68. The summed E-state index contributed by atoms with van der Waals surface area (Å²) in [5, 5.41) is 17.6. The monoisotopic (exact) mass is 221 g/mol. The van der Waals surface area contributed by atoms with Gasteiger partial charge in [0.1, 0.15) is 0 Å². The smallest absolute Gasteiger partial charge is 0.303 e. The first-order valence-corrected chi connectivity index (χ1v) is 5.39. The maximum Gasteiger partial charge on any atom is 0.303 e. The molecule has 0 amide bonds. The molecule has 0 spiro atoms. The Labute approximate surface area is 95.7 Å². The predicted octanol–water partition coefficient (Wildman–Crippen LogP) is 2.56. The first-order chi connectivity index (χ1) is 7.58. The van der Waals surface area contributed by atoms with E-state index in [0.717, 1.165) is 17.5 Å². The molecule has 2 N–H and O–H groups in total. The van der Waals surface area contributed by atoms with Crippen LogP contribution < -0.4 is 0 Å². The molecule has 0 aromatic heterocycles. The molecule has 1 radical (unpaired) electrons. The highest BCUT2D eigenvalue weighted by Crippen LogP contribution is 2.11. The lowest BCUT2D eigenvalue weighted by Crippen LogP contribution is -1.97. The second kappa shape index (κ2) is 6.28. The number of carboxylic acid groups (broad SMARTS) is 1. The van der Waals surface area contributed by atoms with Gasteiger partial charge in [0.25, 0.3) is 0 Å². The van der Waals surface area contributed by atoms with Crippen LogP contribution in [0.5, 0.6) is 0 Å². The standard InChI is InChI=1S/C13H17O3/c1-10(14)9-12-7-5-11(6-8-12)3-2-4-13(15)16/h5-8,14H,2-4,9H2,1H3,(H,15,16). The van der Waals surface area contributed by atoms with Crippen LogP contribution in [0.1, 0.15) is 30.9 Å². The quantitative estimate of drug-likeness (QED) is 0.776. The number of benzene rings is 1. The van der Waals surface area contributed by atoms with Gasteiger partial charge in [-0.05, 0) is 30.9 Å². The number of hydrogen-bond acceptors (Lipinski definition) is 2. The molecule has 0 saturated carbocycles. The first-order valence-electron chi connectivity index (χ1n) is 5.39. The molecule has 0 aliphatic rings. The van der Waals surface area contributed by atoms with Crippen LogP contribution in [-0.4, -0.2) is 16.2 Å². The Morgan fingerprint density at radius 2 is 1.69 bits per heavy atom. The van der Waals surface area contributed by atoms with Crippen LogP contribution in [0, 0.1) is 6.10 Å². The fraction of sp³-hybridized carbons (Fsp3) is 0.385. The lowest BCUT2D eigenvalue weighted by molar-refractivity contribution is -0.137. The van der Waals surface area contributed by atoms with E-state index in [1.54, 1.807) is 6.92 Å². The molecule has 3 nitrogen and oxygen atoms in total. The van der Waals surface area contributed by atoms with Crippen molar-refractivity contribution >= 4 is 5.97 Å². The summed E-state index contributed by atoms with van der Waals surface area (Å²) < 4.78 is 0. The van der Waals surface area contributed by atoms with Crippen molar-refractivity contribution in [3.63, 3.8) is 0 Å². The fourth-order valence-electron chi connectivity index (χ4n) is 1.56. The Morgan fingerprint density at radius 1 is 1.12 bits per heavy atom. The summed E-state index contributed by atoms with van der Waals surface area (Å²) in [6.07, 6.45) is 2.65. The van der Waals surface area contributed by atoms with Crippen LogP contribution in [-0.2, 0) is 17.6 Å². The topological polar surface area (TPSA) is 57.5 Å². The molecule has 0 fully saturated rings. The largest absolute Gasteiger partial charge is 0.481 e. The van der Waals surface area contributed by atoms with Gasteiger partial charge in [-0.3, -0.25) is 4.79 Å². The van der Waals surface area contributed by atoms with Crippen LogP contribution in [0.15, 0.2) is 24.3 Å². The second-order valence-corrected chi connectivity index (χ2v) is 3.98. The minimum absolute atomic E-state index is 0.214. The summed E-state index contributed by atoms with van der Waals surface area (Å²) in [6, 6.07) is 7.91. The number of aliphatic carboxylic acids is 1. The number of aryl methyl sites for hydroxylation is 1. The van der Waals surface area contributed by atoms with Gasteiger partial charge in [-0.15, -0.1) is 0 Å². The van der Waals surface area contributed by atoms with E-state index in [9.17, 15) is 4.79 Å². The summed E-state index contributed by atoms with van der Waals surface area (Å²) >= 11 is 0. The molecule has 0 bridgehead atoms. The summed E-state index contributed by atoms with van der Waals surface area (Å²) in [7, 11) is 0. The Bertz CT molecular complexity index is 328. The van der Waals surface area contributed by atoms with E-state index < -0.39 is 5.97 Å². The van der Waals surface area contributed by atoms with Crippen molar-refractivity contribution in [2.75, 3.05) is 0 Å². The van der Waals surface area contributed by atoms with Crippen LogP contribution in [0.25, 0.3) is 0 Å². The molecule has 0 aliphatic heterocycles. The Hall–Kier alpha value is -1.35. The van der Waals surface area contributed by atoms with E-state index in [-0.39, 0.29) is 6.42 Å². The van der Waals surface area contributed by atoms with E-state index in [1.165, 1.54) is 0 Å². The molecular weight excluding hydrogens is 204 g/mol. The highest BCUT2D eigenvalue weighted by molar-refractivity contribution is 5.66. The van der Waals surface area contributed by atoms with Gasteiger partial charge in [0.2, 0.25) is 0 Å². The van der Waals surface area contributed by atoms with Crippen LogP contribution in [0.3, 0.4) is 0 Å². The van der Waals surface area contributed by atoms with Gasteiger partial charge in [0.05, 0.1) is 6.10 Å². The highest BCUT2D eigenvalue weighted by Gasteiger charge is 2.01. The lowest BCUT2D eigenvalue weighted by atomic mass is 10.0. The summed E-state index contributed by atoms with van der Waals surface area (Å²) in [5.41, 5.74) is 2.21. The van der Waals surface area contributed by atoms with Crippen LogP contribution >= 0.6 is 0 Å². The van der Waals surface area contributed by atoms with Gasteiger partial charge >= 0.3 is 5.97 Å². The van der Waals surface area contributed by atoms with Gasteiger partial charge in [0, 0.05) is 12.8 Å². The zero-order chi connectivity index (χ0) is 12.0. The molecule has 16 heavy (non-hydrogen) atoms. The van der Waals surface area contributed by atoms with E-state index in [0.29, 0.717) is 18.9 Å². The Balaban J connectivity index is 2.42. The highest BCUT2D eigenvalue weighted by atomic mass is 16.4. The zero-order valence-electron chi connectivity index (χ0n) is 9.44. The maximum absolute atomic E-state index is 10.3. The van der Waals surface area contributed by atoms with E-state index in [2.05, 4.69) is 0 Å². The van der Waals surface area contributed by atoms with E-state index >= 15 is 0 Å². The molecule has 1 rings (SSSR count). The van der Waals surface area contributed by atoms with Crippen molar-refractivity contribution in [2.24, 2.45) is 0 Å². The predicted molar refractivity (Wildman–Crippen MR) is 61.6 cm³/mol. The van der Waals surface area contributed by atoms with Crippen LogP contribution in [0.2, 0.25) is 0 Å². The van der Waals surface area contributed by atoms with Crippen LogP contribution in [0.4, 0.5) is 0 Å². The number of hydrogen-bond donors (Lipinski definition) is 2. The third-order valence-electron chi connectivity index (χ3n) is 2.34. The van der Waals surface area contributed by atoms with Crippen molar-refractivity contribution in [3.8, 4) is 0 Å². The molecule has 0 heterocycles. The average molecular weight is 221 g/mol. The van der Waals surface area contributed by atoms with Gasteiger partial charge in [-0.2, -0.15) is 0 Å². The van der Waals surface area contributed by atoms with Gasteiger partial charge < -0.3 is 10.2 Å². The Morgan fingerprint density at radius 3 is 2.19 bits per heavy atom. The zero-order valence-corrected chi connectivity index (χ0v) is 9.44. The van der Waals surface area contributed by atoms with E-state index in [1.807, 2.05) is 24.3 Å². The second-order valence-electron chi connectivity index (χ2n) is 3.98. The molecule has 3 heteroatoms. The van der Waals surface area contributed by atoms with E-state index in [4.69, 9.17) is 10.2 Å². The fourth-order valence-corrected chi connectivity index (χ4v) is 1.56. The van der Waals surface area contributed by atoms with Crippen molar-refractivity contribution in [1.29, 1.82) is 0 Å². The summed E-state index contributed by atoms with van der Waals surface area (Å²) in [5.74, 6) is -0.748. The molecular formula is C13H17O3. The number of aliphatic hydroxyl groups excluding tert-OH is 1. The Kier molecular flexibility index (Phi) is 4.99. The van der Waals surface area contributed by atoms with Crippen molar-refractivity contribution in [2.45, 2.75) is 32.6 Å². The minimum Gasteiger partial charge on any atom is -0.481 e. The normalized spacial score (nSPS) is 10.7. The maximum atomic E-state index is 10.3. The molecule has 1 aromatic carbocycles. The lowest BCUT2D eigenvalue weighted by Gasteiger charge is -2.05. The SMILES string of the molecule is C[C](O)Cc1ccc(CCCC(=O)O)cc1.